The van der Waals surface area contributed by atoms with E-state index < -0.39 is 11.9 Å². The second-order valence-electron chi connectivity index (χ2n) is 9.35. The number of phenols is 1. The molecule has 2 aromatic carbocycles. The van der Waals surface area contributed by atoms with Crippen LogP contribution >= 0.6 is 0 Å². The summed E-state index contributed by atoms with van der Waals surface area (Å²) in [7, 11) is 0. The predicted octanol–water partition coefficient (Wildman–Crippen LogP) is 4.83. The first-order chi connectivity index (χ1) is 17.4. The van der Waals surface area contributed by atoms with Crippen LogP contribution in [0.2, 0.25) is 0 Å². The first-order valence-corrected chi connectivity index (χ1v) is 12.9. The zero-order valence-electron chi connectivity index (χ0n) is 21.3. The van der Waals surface area contributed by atoms with Gasteiger partial charge in [-0.25, -0.2) is 4.79 Å². The molecule has 0 spiro atoms. The first-order valence-electron chi connectivity index (χ1n) is 12.9. The summed E-state index contributed by atoms with van der Waals surface area (Å²) in [4.78, 5) is 40.1. The summed E-state index contributed by atoms with van der Waals surface area (Å²) in [5.41, 5.74) is 3.27. The van der Waals surface area contributed by atoms with Gasteiger partial charge in [-0.3, -0.25) is 9.59 Å². The number of hydrogen-bond donors (Lipinski definition) is 1. The Labute approximate surface area is 213 Å². The molecule has 0 saturated carbocycles. The number of hydrogen-bond acceptors (Lipinski definition) is 6. The summed E-state index contributed by atoms with van der Waals surface area (Å²) in [6.07, 6.45) is 5.31. The number of phenolic OH excluding ortho intramolecular Hbond substituents is 1. The second-order valence-corrected chi connectivity index (χ2v) is 9.35. The van der Waals surface area contributed by atoms with Crippen LogP contribution in [0.5, 0.6) is 5.75 Å². The van der Waals surface area contributed by atoms with Gasteiger partial charge in [0.2, 0.25) is 5.91 Å². The number of esters is 2. The van der Waals surface area contributed by atoms with Gasteiger partial charge in [-0.2, -0.15) is 0 Å². The number of unbranched alkanes of at least 4 members (excludes halogenated alkanes) is 2. The minimum atomic E-state index is -0.437. The number of amides is 1. The van der Waals surface area contributed by atoms with Crippen LogP contribution in [0.3, 0.4) is 0 Å². The average molecular weight is 496 g/mol. The Morgan fingerprint density at radius 3 is 2.47 bits per heavy atom. The Hall–Kier alpha value is -3.35. The van der Waals surface area contributed by atoms with Gasteiger partial charge >= 0.3 is 11.9 Å². The van der Waals surface area contributed by atoms with Crippen molar-refractivity contribution in [3.8, 4) is 5.75 Å². The van der Waals surface area contributed by atoms with Gasteiger partial charge in [0, 0.05) is 12.5 Å². The third-order valence-electron chi connectivity index (χ3n) is 6.43. The zero-order valence-corrected chi connectivity index (χ0v) is 21.3. The lowest BCUT2D eigenvalue weighted by molar-refractivity contribution is -0.151. The SMILES string of the molecule is CCCCOC(=O)CN(Cc1cccc(C(=O)OCCCC)c1)C(=O)C1CCc2cc(O)ccc2C1. The van der Waals surface area contributed by atoms with E-state index in [9.17, 15) is 19.5 Å². The van der Waals surface area contributed by atoms with E-state index >= 15 is 0 Å². The molecule has 7 heteroatoms. The van der Waals surface area contributed by atoms with Crippen LogP contribution in [0.1, 0.15) is 73.0 Å². The van der Waals surface area contributed by atoms with Crippen molar-refractivity contribution < 1.29 is 29.0 Å². The fourth-order valence-corrected chi connectivity index (χ4v) is 4.36. The van der Waals surface area contributed by atoms with E-state index in [1.54, 1.807) is 30.3 Å². The van der Waals surface area contributed by atoms with E-state index in [4.69, 9.17) is 9.47 Å². The van der Waals surface area contributed by atoms with Crippen molar-refractivity contribution in [2.75, 3.05) is 19.8 Å². The average Bonchev–Trinajstić information content (AvgIpc) is 2.88. The molecular weight excluding hydrogens is 458 g/mol. The highest BCUT2D eigenvalue weighted by molar-refractivity contribution is 5.89. The Balaban J connectivity index is 1.74. The molecular formula is C29H37NO6. The van der Waals surface area contributed by atoms with Gasteiger partial charge in [0.25, 0.3) is 0 Å². The number of fused-ring (bicyclic) bond motifs is 1. The van der Waals surface area contributed by atoms with Gasteiger partial charge in [0.1, 0.15) is 12.3 Å². The molecule has 0 saturated heterocycles. The lowest BCUT2D eigenvalue weighted by Crippen LogP contribution is -2.41. The fraction of sp³-hybridized carbons (Fsp3) is 0.483. The largest absolute Gasteiger partial charge is 0.508 e. The number of aryl methyl sites for hydroxylation is 1. The third-order valence-corrected chi connectivity index (χ3v) is 6.43. The van der Waals surface area contributed by atoms with Crippen LogP contribution in [0.4, 0.5) is 0 Å². The molecule has 0 radical (unpaired) electrons. The molecule has 1 N–H and O–H groups in total. The maximum Gasteiger partial charge on any atom is 0.338 e. The highest BCUT2D eigenvalue weighted by atomic mass is 16.5. The van der Waals surface area contributed by atoms with Gasteiger partial charge in [-0.15, -0.1) is 0 Å². The summed E-state index contributed by atoms with van der Waals surface area (Å²) in [6.45, 7) is 4.79. The third kappa shape index (κ3) is 7.83. The normalized spacial score (nSPS) is 14.6. The number of nitrogens with zero attached hydrogens (tertiary/aromatic N) is 1. The van der Waals surface area contributed by atoms with Gasteiger partial charge in [0.15, 0.2) is 0 Å². The predicted molar refractivity (Wildman–Crippen MR) is 137 cm³/mol. The van der Waals surface area contributed by atoms with E-state index in [1.807, 2.05) is 26.0 Å². The summed E-state index contributed by atoms with van der Waals surface area (Å²) < 4.78 is 10.7. The molecule has 0 fully saturated rings. The number of carbonyl (C=O) groups is 3. The molecule has 3 rings (SSSR count). The van der Waals surface area contributed by atoms with E-state index in [0.717, 1.165) is 42.4 Å². The quantitative estimate of drug-likeness (QED) is 0.335. The van der Waals surface area contributed by atoms with Gasteiger partial charge in [-0.05, 0) is 73.1 Å². The number of rotatable bonds is 12. The molecule has 7 nitrogen and oxygen atoms in total. The Kier molecular flexibility index (Phi) is 10.3. The summed E-state index contributed by atoms with van der Waals surface area (Å²) in [5, 5.41) is 9.77. The van der Waals surface area contributed by atoms with Crippen molar-refractivity contribution >= 4 is 17.8 Å². The highest BCUT2D eigenvalue weighted by Gasteiger charge is 2.30. The number of ether oxygens (including phenoxy) is 2. The van der Waals surface area contributed by atoms with E-state index in [-0.39, 0.29) is 30.7 Å². The van der Waals surface area contributed by atoms with Crippen LogP contribution in [-0.2, 0) is 38.4 Å². The number of aromatic hydroxyl groups is 1. The number of benzene rings is 2. The Morgan fingerprint density at radius 2 is 1.72 bits per heavy atom. The monoisotopic (exact) mass is 495 g/mol. The van der Waals surface area contributed by atoms with Crippen molar-refractivity contribution in [1.82, 2.24) is 4.90 Å². The van der Waals surface area contributed by atoms with E-state index in [2.05, 4.69) is 0 Å². The van der Waals surface area contributed by atoms with E-state index in [0.29, 0.717) is 38.0 Å². The van der Waals surface area contributed by atoms with Crippen LogP contribution in [0.25, 0.3) is 0 Å². The van der Waals surface area contributed by atoms with Gasteiger partial charge < -0.3 is 19.5 Å². The zero-order chi connectivity index (χ0) is 25.9. The smallest absolute Gasteiger partial charge is 0.338 e. The molecule has 194 valence electrons. The first kappa shape index (κ1) is 27.2. The maximum absolute atomic E-state index is 13.6. The molecule has 0 aliphatic heterocycles. The van der Waals surface area contributed by atoms with Crippen molar-refractivity contribution in [3.63, 3.8) is 0 Å². The molecule has 1 unspecified atom stereocenters. The molecule has 0 bridgehead atoms. The van der Waals surface area contributed by atoms with Crippen LogP contribution in [0, 0.1) is 5.92 Å². The fourth-order valence-electron chi connectivity index (χ4n) is 4.36. The van der Waals surface area contributed by atoms with Crippen molar-refractivity contribution in [2.45, 2.75) is 65.3 Å². The summed E-state index contributed by atoms with van der Waals surface area (Å²) in [5.74, 6) is -0.991. The second kappa shape index (κ2) is 13.7. The molecule has 1 aliphatic rings. The molecule has 1 aliphatic carbocycles. The molecule has 2 aromatic rings. The molecule has 1 atom stereocenters. The summed E-state index contributed by atoms with van der Waals surface area (Å²) in [6, 6.07) is 12.3. The van der Waals surface area contributed by atoms with Crippen LogP contribution < -0.4 is 0 Å². The maximum atomic E-state index is 13.6. The standard InChI is InChI=1S/C29H37NO6/c1-3-5-14-35-27(32)20-30(19-21-8-7-9-25(16-21)29(34)36-15-6-4-2)28(33)24-11-10-23-18-26(31)13-12-22(23)17-24/h7-9,12-13,16,18,24,31H,3-6,10-11,14-15,17,19-20H2,1-2H3. The Bertz CT molecular complexity index is 1050. The number of carbonyl (C=O) groups excluding carboxylic acids is 3. The van der Waals surface area contributed by atoms with Crippen LogP contribution in [0.15, 0.2) is 42.5 Å². The van der Waals surface area contributed by atoms with Crippen LogP contribution in [-0.4, -0.2) is 47.6 Å². The molecule has 1 amide bonds. The lowest BCUT2D eigenvalue weighted by atomic mass is 9.83. The van der Waals surface area contributed by atoms with Crippen molar-refractivity contribution in [1.29, 1.82) is 0 Å². The van der Waals surface area contributed by atoms with Crippen molar-refractivity contribution in [3.05, 3.63) is 64.7 Å². The highest BCUT2D eigenvalue weighted by Crippen LogP contribution is 2.29. The molecule has 36 heavy (non-hydrogen) atoms. The lowest BCUT2D eigenvalue weighted by Gasteiger charge is -2.30. The Morgan fingerprint density at radius 1 is 0.972 bits per heavy atom. The van der Waals surface area contributed by atoms with Crippen molar-refractivity contribution in [2.24, 2.45) is 5.92 Å². The summed E-state index contributed by atoms with van der Waals surface area (Å²) >= 11 is 0. The molecule has 0 aromatic heterocycles. The topological polar surface area (TPSA) is 93.1 Å². The van der Waals surface area contributed by atoms with Gasteiger partial charge in [-0.1, -0.05) is 44.9 Å². The van der Waals surface area contributed by atoms with E-state index in [1.165, 1.54) is 4.90 Å². The molecule has 0 heterocycles. The minimum absolute atomic E-state index is 0.114. The van der Waals surface area contributed by atoms with Gasteiger partial charge in [0.05, 0.1) is 18.8 Å². The minimum Gasteiger partial charge on any atom is -0.508 e.